The van der Waals surface area contributed by atoms with E-state index in [4.69, 9.17) is 0 Å². The van der Waals surface area contributed by atoms with Gasteiger partial charge in [0.25, 0.3) is 0 Å². The summed E-state index contributed by atoms with van der Waals surface area (Å²) in [6, 6.07) is 23.4. The molecule has 0 saturated heterocycles. The van der Waals surface area contributed by atoms with Crippen molar-refractivity contribution in [1.29, 1.82) is 0 Å². The Kier molecular flexibility index (Phi) is 10.7. The zero-order chi connectivity index (χ0) is 28.6. The number of amides is 2. The lowest BCUT2D eigenvalue weighted by Crippen LogP contribution is -2.53. The highest BCUT2D eigenvalue weighted by molar-refractivity contribution is 9.10. The fourth-order valence-corrected chi connectivity index (χ4v) is 5.56. The monoisotopic (exact) mass is 613 g/mol. The molecule has 3 aromatic rings. The van der Waals surface area contributed by atoms with Crippen LogP contribution in [-0.4, -0.2) is 50.5 Å². The number of para-hydroxylation sites is 1. The minimum atomic E-state index is -3.82. The molecule has 7 nitrogen and oxygen atoms in total. The standard InChI is InChI=1S/C30H36BrN3O4S/c1-5-32-30(36)28(19-23-11-7-6-8-12-23)33(20-24-15-17-25(31)18-16-24)29(35)21-34(39(4,37)38)27-14-10-9-13-26(27)22(2)3/h6-18,22,28H,5,19-21H2,1-4H3,(H,32,36). The molecule has 39 heavy (non-hydrogen) atoms. The molecule has 0 aliphatic carbocycles. The molecule has 9 heteroatoms. The highest BCUT2D eigenvalue weighted by atomic mass is 79.9. The lowest BCUT2D eigenvalue weighted by Gasteiger charge is -2.34. The third kappa shape index (κ3) is 8.41. The number of sulfonamides is 1. The molecule has 3 rings (SSSR count). The van der Waals surface area contributed by atoms with Crippen LogP contribution in [0.25, 0.3) is 0 Å². The molecule has 0 fully saturated rings. The van der Waals surface area contributed by atoms with E-state index in [1.54, 1.807) is 12.1 Å². The van der Waals surface area contributed by atoms with E-state index in [-0.39, 0.29) is 24.8 Å². The van der Waals surface area contributed by atoms with E-state index >= 15 is 0 Å². The number of likely N-dealkylation sites (N-methyl/N-ethyl adjacent to an activating group) is 1. The van der Waals surface area contributed by atoms with Crippen LogP contribution in [0.15, 0.2) is 83.3 Å². The lowest BCUT2D eigenvalue weighted by molar-refractivity contribution is -0.140. The van der Waals surface area contributed by atoms with Crippen molar-refractivity contribution in [2.24, 2.45) is 0 Å². The SMILES string of the molecule is CCNC(=O)C(Cc1ccccc1)N(Cc1ccc(Br)cc1)C(=O)CN(c1ccccc1C(C)C)S(C)(=O)=O. The topological polar surface area (TPSA) is 86.8 Å². The molecule has 0 aliphatic heterocycles. The summed E-state index contributed by atoms with van der Waals surface area (Å²) in [6.45, 7) is 5.90. The highest BCUT2D eigenvalue weighted by Crippen LogP contribution is 2.29. The van der Waals surface area contributed by atoms with Crippen LogP contribution in [0.4, 0.5) is 5.69 Å². The number of nitrogens with one attached hydrogen (secondary N) is 1. The van der Waals surface area contributed by atoms with Crippen LogP contribution in [0.1, 0.15) is 43.4 Å². The average Bonchev–Trinajstić information content (AvgIpc) is 2.90. The summed E-state index contributed by atoms with van der Waals surface area (Å²) in [5.41, 5.74) is 3.00. The van der Waals surface area contributed by atoms with Gasteiger partial charge >= 0.3 is 0 Å². The van der Waals surface area contributed by atoms with Crippen molar-refractivity contribution in [3.8, 4) is 0 Å². The van der Waals surface area contributed by atoms with Crippen molar-refractivity contribution >= 4 is 43.5 Å². The van der Waals surface area contributed by atoms with Crippen LogP contribution in [0, 0.1) is 0 Å². The predicted octanol–water partition coefficient (Wildman–Crippen LogP) is 5.11. The second-order valence-electron chi connectivity index (χ2n) is 9.73. The second kappa shape index (κ2) is 13.8. The zero-order valence-corrected chi connectivity index (χ0v) is 25.2. The van der Waals surface area contributed by atoms with Gasteiger partial charge in [-0.3, -0.25) is 13.9 Å². The summed E-state index contributed by atoms with van der Waals surface area (Å²) < 4.78 is 28.1. The summed E-state index contributed by atoms with van der Waals surface area (Å²) in [6.07, 6.45) is 1.39. The van der Waals surface area contributed by atoms with Crippen molar-refractivity contribution in [2.75, 3.05) is 23.7 Å². The molecule has 208 valence electrons. The molecule has 0 spiro atoms. The van der Waals surface area contributed by atoms with Crippen LogP contribution in [-0.2, 0) is 32.6 Å². The Hall–Kier alpha value is -3.17. The maximum absolute atomic E-state index is 14.1. The van der Waals surface area contributed by atoms with Crippen LogP contribution in [0.3, 0.4) is 0 Å². The molecular weight excluding hydrogens is 578 g/mol. The van der Waals surface area contributed by atoms with Gasteiger partial charge in [-0.1, -0.05) is 90.4 Å². The number of halogens is 1. The van der Waals surface area contributed by atoms with Gasteiger partial charge in [0, 0.05) is 24.0 Å². The molecule has 1 atom stereocenters. The molecular formula is C30H36BrN3O4S. The molecule has 1 N–H and O–H groups in total. The van der Waals surface area contributed by atoms with Crippen molar-refractivity contribution in [3.05, 3.63) is 100 Å². The zero-order valence-electron chi connectivity index (χ0n) is 22.8. The molecule has 1 unspecified atom stereocenters. The van der Waals surface area contributed by atoms with Crippen LogP contribution in [0.2, 0.25) is 0 Å². The number of anilines is 1. The van der Waals surface area contributed by atoms with Crippen molar-refractivity contribution in [2.45, 2.75) is 45.7 Å². The van der Waals surface area contributed by atoms with E-state index in [1.165, 1.54) is 4.90 Å². The van der Waals surface area contributed by atoms with E-state index in [0.29, 0.717) is 12.2 Å². The first-order chi connectivity index (χ1) is 18.5. The van der Waals surface area contributed by atoms with E-state index in [0.717, 1.165) is 31.7 Å². The smallest absolute Gasteiger partial charge is 0.244 e. The number of nitrogens with zero attached hydrogens (tertiary/aromatic N) is 2. The van der Waals surface area contributed by atoms with Gasteiger partial charge in [-0.25, -0.2) is 8.42 Å². The van der Waals surface area contributed by atoms with Crippen LogP contribution in [0.5, 0.6) is 0 Å². The molecule has 0 saturated carbocycles. The van der Waals surface area contributed by atoms with Gasteiger partial charge < -0.3 is 10.2 Å². The van der Waals surface area contributed by atoms with Gasteiger partial charge in [0.1, 0.15) is 12.6 Å². The normalized spacial score (nSPS) is 12.2. The molecule has 0 heterocycles. The first kappa shape index (κ1) is 30.4. The first-order valence-corrected chi connectivity index (χ1v) is 15.6. The van der Waals surface area contributed by atoms with E-state index in [9.17, 15) is 18.0 Å². The summed E-state index contributed by atoms with van der Waals surface area (Å²) in [5, 5.41) is 2.86. The maximum atomic E-state index is 14.1. The molecule has 0 bridgehead atoms. The second-order valence-corrected chi connectivity index (χ2v) is 12.6. The van der Waals surface area contributed by atoms with Gasteiger partial charge in [0.15, 0.2) is 0 Å². The van der Waals surface area contributed by atoms with E-state index < -0.39 is 28.5 Å². The lowest BCUT2D eigenvalue weighted by atomic mass is 10.0. The Morgan fingerprint density at radius 3 is 2.10 bits per heavy atom. The molecule has 0 radical (unpaired) electrons. The van der Waals surface area contributed by atoms with Gasteiger partial charge in [-0.2, -0.15) is 0 Å². The van der Waals surface area contributed by atoms with Crippen molar-refractivity contribution < 1.29 is 18.0 Å². The van der Waals surface area contributed by atoms with Crippen molar-refractivity contribution in [1.82, 2.24) is 10.2 Å². The maximum Gasteiger partial charge on any atom is 0.244 e. The average molecular weight is 615 g/mol. The Bertz CT molecular complexity index is 1360. The molecule has 2 amide bonds. The molecule has 0 aromatic heterocycles. The largest absolute Gasteiger partial charge is 0.355 e. The minimum Gasteiger partial charge on any atom is -0.355 e. The van der Waals surface area contributed by atoms with Gasteiger partial charge in [-0.15, -0.1) is 0 Å². The molecule has 3 aromatic carbocycles. The first-order valence-electron chi connectivity index (χ1n) is 12.9. The number of hydrogen-bond donors (Lipinski definition) is 1. The fourth-order valence-electron chi connectivity index (χ4n) is 4.43. The number of carbonyl (C=O) groups excluding carboxylic acids is 2. The number of hydrogen-bond acceptors (Lipinski definition) is 4. The Morgan fingerprint density at radius 1 is 0.897 bits per heavy atom. The third-order valence-electron chi connectivity index (χ3n) is 6.39. The van der Waals surface area contributed by atoms with E-state index in [2.05, 4.69) is 21.2 Å². The van der Waals surface area contributed by atoms with Gasteiger partial charge in [0.2, 0.25) is 21.8 Å². The quantitative estimate of drug-likeness (QED) is 0.307. The Labute approximate surface area is 240 Å². The van der Waals surface area contributed by atoms with Gasteiger partial charge in [0.05, 0.1) is 11.9 Å². The Balaban J connectivity index is 2.07. The van der Waals surface area contributed by atoms with Crippen molar-refractivity contribution in [3.63, 3.8) is 0 Å². The molecule has 0 aliphatic rings. The summed E-state index contributed by atoms with van der Waals surface area (Å²) in [7, 11) is -3.82. The van der Waals surface area contributed by atoms with Crippen LogP contribution >= 0.6 is 15.9 Å². The number of carbonyl (C=O) groups is 2. The highest BCUT2D eigenvalue weighted by Gasteiger charge is 2.33. The number of benzene rings is 3. The van der Waals surface area contributed by atoms with Gasteiger partial charge in [-0.05, 0) is 47.7 Å². The van der Waals surface area contributed by atoms with Crippen LogP contribution < -0.4 is 9.62 Å². The third-order valence-corrected chi connectivity index (χ3v) is 8.05. The summed E-state index contributed by atoms with van der Waals surface area (Å²) >= 11 is 3.44. The summed E-state index contributed by atoms with van der Waals surface area (Å²) in [4.78, 5) is 29.0. The Morgan fingerprint density at radius 2 is 1.51 bits per heavy atom. The number of rotatable bonds is 12. The fraction of sp³-hybridized carbons (Fsp3) is 0.333. The predicted molar refractivity (Wildman–Crippen MR) is 160 cm³/mol. The minimum absolute atomic E-state index is 0.0422. The van der Waals surface area contributed by atoms with E-state index in [1.807, 2.05) is 87.5 Å². The summed E-state index contributed by atoms with van der Waals surface area (Å²) in [5.74, 6) is -0.713.